The van der Waals surface area contributed by atoms with Gasteiger partial charge in [-0.2, -0.15) is 0 Å². The van der Waals surface area contributed by atoms with Crippen molar-refractivity contribution in [3.8, 4) is 0 Å². The molecular formula is C15H15BrN2O4. The summed E-state index contributed by atoms with van der Waals surface area (Å²) >= 11 is 3.14. The first-order valence-electron chi connectivity index (χ1n) is 6.54. The summed E-state index contributed by atoms with van der Waals surface area (Å²) in [5.41, 5.74) is 0.785. The third-order valence-corrected chi connectivity index (χ3v) is 3.23. The van der Waals surface area contributed by atoms with E-state index in [1.165, 1.54) is 0 Å². The van der Waals surface area contributed by atoms with E-state index in [0.717, 1.165) is 0 Å². The molecule has 0 radical (unpaired) electrons. The van der Waals surface area contributed by atoms with Gasteiger partial charge < -0.3 is 19.8 Å². The van der Waals surface area contributed by atoms with Gasteiger partial charge in [-0.1, -0.05) is 12.1 Å². The lowest BCUT2D eigenvalue weighted by molar-refractivity contribution is 0.0938. The van der Waals surface area contributed by atoms with E-state index in [1.54, 1.807) is 43.5 Å². The zero-order chi connectivity index (χ0) is 15.9. The number of furan rings is 1. The molecule has 116 valence electrons. The first kappa shape index (κ1) is 16.3. The molecular weight excluding hydrogens is 352 g/mol. The van der Waals surface area contributed by atoms with Gasteiger partial charge in [0.2, 0.25) is 0 Å². The normalized spacial score (nSPS) is 10.3. The van der Waals surface area contributed by atoms with E-state index in [9.17, 15) is 9.59 Å². The van der Waals surface area contributed by atoms with Crippen LogP contribution in [0.4, 0.5) is 5.69 Å². The van der Waals surface area contributed by atoms with Crippen LogP contribution >= 0.6 is 15.9 Å². The van der Waals surface area contributed by atoms with E-state index in [4.69, 9.17) is 9.15 Å². The van der Waals surface area contributed by atoms with Crippen LogP contribution in [-0.2, 0) is 4.74 Å². The fraction of sp³-hybridized carbons (Fsp3) is 0.200. The molecule has 0 unspecified atom stereocenters. The Labute approximate surface area is 136 Å². The molecule has 0 aliphatic rings. The first-order valence-corrected chi connectivity index (χ1v) is 7.34. The van der Waals surface area contributed by atoms with Crippen LogP contribution in [0.15, 0.2) is 45.5 Å². The van der Waals surface area contributed by atoms with Gasteiger partial charge in [0.1, 0.15) is 0 Å². The second-order valence-corrected chi connectivity index (χ2v) is 5.13. The summed E-state index contributed by atoms with van der Waals surface area (Å²) in [4.78, 5) is 24.2. The Hall–Kier alpha value is -2.12. The molecule has 0 aliphatic carbocycles. The number of rotatable bonds is 6. The molecule has 0 fully saturated rings. The van der Waals surface area contributed by atoms with Gasteiger partial charge in [-0.15, -0.1) is 0 Å². The third-order valence-electron chi connectivity index (χ3n) is 2.81. The summed E-state index contributed by atoms with van der Waals surface area (Å²) in [6, 6.07) is 9.92. The number of carbonyl (C=O) groups excluding carboxylic acids is 2. The summed E-state index contributed by atoms with van der Waals surface area (Å²) in [6.45, 7) is 0.809. The molecule has 2 rings (SSSR count). The topological polar surface area (TPSA) is 80.6 Å². The first-order chi connectivity index (χ1) is 10.6. The summed E-state index contributed by atoms with van der Waals surface area (Å²) in [6.07, 6.45) is 0. The van der Waals surface area contributed by atoms with Crippen LogP contribution in [0.1, 0.15) is 20.9 Å². The largest absolute Gasteiger partial charge is 0.444 e. The molecule has 0 aliphatic heterocycles. The molecule has 1 heterocycles. The van der Waals surface area contributed by atoms with Crippen molar-refractivity contribution < 1.29 is 18.7 Å². The summed E-state index contributed by atoms with van der Waals surface area (Å²) in [5.74, 6) is -0.558. The van der Waals surface area contributed by atoms with E-state index in [1.807, 2.05) is 0 Å². The summed E-state index contributed by atoms with van der Waals surface area (Å²) in [7, 11) is 1.56. The third kappa shape index (κ3) is 4.19. The van der Waals surface area contributed by atoms with Gasteiger partial charge in [-0.25, -0.2) is 0 Å². The minimum atomic E-state index is -0.428. The number of ether oxygens (including phenoxy) is 1. The Morgan fingerprint density at radius 3 is 2.64 bits per heavy atom. The van der Waals surface area contributed by atoms with E-state index >= 15 is 0 Å². The van der Waals surface area contributed by atoms with Gasteiger partial charge in [-0.3, -0.25) is 9.59 Å². The fourth-order valence-corrected chi connectivity index (χ4v) is 2.08. The Balaban J connectivity index is 2.11. The van der Waals surface area contributed by atoms with Gasteiger partial charge in [0, 0.05) is 13.7 Å². The number of nitrogens with one attached hydrogen (secondary N) is 2. The molecule has 2 aromatic rings. The Kier molecular flexibility index (Phi) is 5.74. The van der Waals surface area contributed by atoms with Gasteiger partial charge in [-0.05, 0) is 40.2 Å². The van der Waals surface area contributed by atoms with Crippen molar-refractivity contribution >= 4 is 33.4 Å². The molecule has 6 nitrogen and oxygen atoms in total. The number of para-hydroxylation sites is 1. The van der Waals surface area contributed by atoms with E-state index in [0.29, 0.717) is 29.1 Å². The highest BCUT2D eigenvalue weighted by molar-refractivity contribution is 9.10. The molecule has 1 aromatic carbocycles. The van der Waals surface area contributed by atoms with Crippen molar-refractivity contribution in [2.45, 2.75) is 0 Å². The maximum absolute atomic E-state index is 12.1. The van der Waals surface area contributed by atoms with Crippen molar-refractivity contribution in [2.24, 2.45) is 0 Å². The van der Waals surface area contributed by atoms with Crippen LogP contribution in [0, 0.1) is 0 Å². The van der Waals surface area contributed by atoms with E-state index < -0.39 is 5.91 Å². The van der Waals surface area contributed by atoms with Crippen LogP contribution in [0.25, 0.3) is 0 Å². The second-order valence-electron chi connectivity index (χ2n) is 4.35. The lowest BCUT2D eigenvalue weighted by Crippen LogP contribution is -2.28. The summed E-state index contributed by atoms with van der Waals surface area (Å²) in [5, 5.41) is 5.38. The number of amides is 2. The second kappa shape index (κ2) is 7.77. The number of hydrogen-bond donors (Lipinski definition) is 2. The van der Waals surface area contributed by atoms with Crippen LogP contribution in [0.2, 0.25) is 0 Å². The lowest BCUT2D eigenvalue weighted by atomic mass is 10.1. The zero-order valence-corrected chi connectivity index (χ0v) is 13.5. The summed E-state index contributed by atoms with van der Waals surface area (Å²) < 4.78 is 10.5. The number of methoxy groups -OCH3 is 1. The van der Waals surface area contributed by atoms with Crippen molar-refractivity contribution in [1.82, 2.24) is 5.32 Å². The van der Waals surface area contributed by atoms with Crippen molar-refractivity contribution in [2.75, 3.05) is 25.6 Å². The van der Waals surface area contributed by atoms with Crippen LogP contribution in [0.3, 0.4) is 0 Å². The Morgan fingerprint density at radius 2 is 1.95 bits per heavy atom. The zero-order valence-electron chi connectivity index (χ0n) is 11.9. The molecule has 0 atom stereocenters. The van der Waals surface area contributed by atoms with Crippen molar-refractivity contribution in [1.29, 1.82) is 0 Å². The van der Waals surface area contributed by atoms with Crippen molar-refractivity contribution in [3.05, 3.63) is 52.4 Å². The van der Waals surface area contributed by atoms with Gasteiger partial charge in [0.15, 0.2) is 10.4 Å². The molecule has 0 saturated heterocycles. The quantitative estimate of drug-likeness (QED) is 0.770. The average molecular weight is 367 g/mol. The average Bonchev–Trinajstić information content (AvgIpc) is 2.94. The predicted octanol–water partition coefficient (Wildman–Crippen LogP) is 2.67. The highest BCUT2D eigenvalue weighted by Crippen LogP contribution is 2.18. The number of hydrogen-bond acceptors (Lipinski definition) is 4. The SMILES string of the molecule is COCCNC(=O)c1ccccc1NC(=O)c1ccc(Br)o1. The number of benzene rings is 1. The molecule has 1 aromatic heterocycles. The molecule has 2 amide bonds. The maximum Gasteiger partial charge on any atom is 0.291 e. The van der Waals surface area contributed by atoms with E-state index in [2.05, 4.69) is 26.6 Å². The van der Waals surface area contributed by atoms with Crippen LogP contribution in [0.5, 0.6) is 0 Å². The Morgan fingerprint density at radius 1 is 1.18 bits per heavy atom. The molecule has 7 heteroatoms. The molecule has 2 N–H and O–H groups in total. The highest BCUT2D eigenvalue weighted by atomic mass is 79.9. The molecule has 0 saturated carbocycles. The number of carbonyl (C=O) groups is 2. The molecule has 0 spiro atoms. The highest BCUT2D eigenvalue weighted by Gasteiger charge is 2.15. The number of anilines is 1. The van der Waals surface area contributed by atoms with Crippen molar-refractivity contribution in [3.63, 3.8) is 0 Å². The Bertz CT molecular complexity index is 669. The predicted molar refractivity (Wildman–Crippen MR) is 85.0 cm³/mol. The molecule has 0 bridgehead atoms. The van der Waals surface area contributed by atoms with Crippen LogP contribution in [-0.4, -0.2) is 32.1 Å². The van der Waals surface area contributed by atoms with E-state index in [-0.39, 0.29) is 11.7 Å². The minimum absolute atomic E-state index is 0.154. The van der Waals surface area contributed by atoms with Gasteiger partial charge in [0.25, 0.3) is 11.8 Å². The van der Waals surface area contributed by atoms with Gasteiger partial charge in [0.05, 0.1) is 17.9 Å². The monoisotopic (exact) mass is 366 g/mol. The fourth-order valence-electron chi connectivity index (χ4n) is 1.77. The number of halogens is 1. The minimum Gasteiger partial charge on any atom is -0.444 e. The van der Waals surface area contributed by atoms with Gasteiger partial charge >= 0.3 is 0 Å². The maximum atomic E-state index is 12.1. The standard InChI is InChI=1S/C15H15BrN2O4/c1-21-9-8-17-14(19)10-4-2-3-5-11(10)18-15(20)12-6-7-13(16)22-12/h2-7H,8-9H2,1H3,(H,17,19)(H,18,20). The smallest absolute Gasteiger partial charge is 0.291 e. The van der Waals surface area contributed by atoms with Crippen LogP contribution < -0.4 is 10.6 Å². The molecule has 22 heavy (non-hydrogen) atoms. The lowest BCUT2D eigenvalue weighted by Gasteiger charge is -2.10.